The van der Waals surface area contributed by atoms with Gasteiger partial charge in [0.1, 0.15) is 0 Å². The number of amides is 1. The molecule has 3 N–H and O–H groups in total. The summed E-state index contributed by atoms with van der Waals surface area (Å²) in [6.07, 6.45) is 0.418. The summed E-state index contributed by atoms with van der Waals surface area (Å²) in [5.41, 5.74) is 1.11. The molecule has 1 rings (SSSR count). The van der Waals surface area contributed by atoms with E-state index in [1.807, 2.05) is 37.3 Å². The van der Waals surface area contributed by atoms with Gasteiger partial charge < -0.3 is 16.0 Å². The molecule has 6 nitrogen and oxygen atoms in total. The lowest BCUT2D eigenvalue weighted by molar-refractivity contribution is -0.121. The number of carbonyl (C=O) groups is 1. The van der Waals surface area contributed by atoms with Crippen LogP contribution in [0.3, 0.4) is 0 Å². The fraction of sp³-hybridized carbons (Fsp3) is 0.619. The van der Waals surface area contributed by atoms with Crippen LogP contribution in [0.15, 0.2) is 35.3 Å². The number of guanidine groups is 1. The highest BCUT2D eigenvalue weighted by Gasteiger charge is 2.12. The quantitative estimate of drug-likeness (QED) is 0.247. The Morgan fingerprint density at radius 3 is 2.25 bits per heavy atom. The Kier molecular flexibility index (Phi) is 14.8. The second-order valence-electron chi connectivity index (χ2n) is 7.13. The van der Waals surface area contributed by atoms with Crippen molar-refractivity contribution in [1.29, 1.82) is 0 Å². The SMILES string of the molecule is CCNC(=NCCN(C(C)C)C(C)C)NCCC(=O)NCc1ccccc1.I. The topological polar surface area (TPSA) is 68.8 Å². The first kappa shape index (κ1) is 26.6. The maximum absolute atomic E-state index is 12.0. The molecule has 7 heteroatoms. The normalized spacial score (nSPS) is 11.5. The Bertz CT molecular complexity index is 555. The molecule has 1 aromatic carbocycles. The molecule has 0 unspecified atom stereocenters. The van der Waals surface area contributed by atoms with Crippen molar-refractivity contribution in [3.63, 3.8) is 0 Å². The van der Waals surface area contributed by atoms with E-state index in [4.69, 9.17) is 0 Å². The van der Waals surface area contributed by atoms with Crippen LogP contribution in [-0.4, -0.2) is 55.0 Å². The smallest absolute Gasteiger partial charge is 0.222 e. The van der Waals surface area contributed by atoms with Crippen LogP contribution in [0.1, 0.15) is 46.6 Å². The Labute approximate surface area is 188 Å². The molecule has 0 aliphatic carbocycles. The van der Waals surface area contributed by atoms with Crippen molar-refractivity contribution in [1.82, 2.24) is 20.9 Å². The van der Waals surface area contributed by atoms with Crippen LogP contribution in [0.4, 0.5) is 0 Å². The average molecular weight is 503 g/mol. The van der Waals surface area contributed by atoms with Crippen molar-refractivity contribution in [3.05, 3.63) is 35.9 Å². The number of nitrogens with zero attached hydrogens (tertiary/aromatic N) is 2. The van der Waals surface area contributed by atoms with Crippen molar-refractivity contribution in [3.8, 4) is 0 Å². The van der Waals surface area contributed by atoms with E-state index in [0.29, 0.717) is 31.6 Å². The number of aliphatic imine (C=N–C) groups is 1. The number of hydrogen-bond donors (Lipinski definition) is 3. The standard InChI is InChI=1S/C21H37N5O.HI/c1-6-22-21(24-14-15-26(17(2)3)18(4)5)23-13-12-20(27)25-16-19-10-8-7-9-11-19;/h7-11,17-18H,6,12-16H2,1-5H3,(H,25,27)(H2,22,23,24);1H. The minimum atomic E-state index is 0. The molecule has 1 amide bonds. The summed E-state index contributed by atoms with van der Waals surface area (Å²) >= 11 is 0. The van der Waals surface area contributed by atoms with Gasteiger partial charge in [0.25, 0.3) is 0 Å². The maximum atomic E-state index is 12.0. The van der Waals surface area contributed by atoms with E-state index in [9.17, 15) is 4.79 Å². The van der Waals surface area contributed by atoms with Crippen molar-refractivity contribution in [2.45, 2.75) is 59.7 Å². The van der Waals surface area contributed by atoms with Crippen molar-refractivity contribution >= 4 is 35.8 Å². The zero-order valence-electron chi connectivity index (χ0n) is 18.0. The lowest BCUT2D eigenvalue weighted by atomic mass is 10.2. The second kappa shape index (κ2) is 15.6. The third-order valence-electron chi connectivity index (χ3n) is 4.28. The van der Waals surface area contributed by atoms with Crippen LogP contribution in [0.25, 0.3) is 0 Å². The highest BCUT2D eigenvalue weighted by atomic mass is 127. The van der Waals surface area contributed by atoms with Gasteiger partial charge in [-0.05, 0) is 40.2 Å². The van der Waals surface area contributed by atoms with Crippen LogP contribution in [0.5, 0.6) is 0 Å². The summed E-state index contributed by atoms with van der Waals surface area (Å²) in [5, 5.41) is 9.42. The fourth-order valence-electron chi connectivity index (χ4n) is 2.91. The van der Waals surface area contributed by atoms with Crippen LogP contribution in [0, 0.1) is 0 Å². The highest BCUT2D eigenvalue weighted by molar-refractivity contribution is 14.0. The molecule has 0 radical (unpaired) electrons. The third kappa shape index (κ3) is 11.5. The van der Waals surface area contributed by atoms with E-state index in [0.717, 1.165) is 31.2 Å². The van der Waals surface area contributed by atoms with Gasteiger partial charge in [-0.1, -0.05) is 30.3 Å². The Hall–Kier alpha value is -1.35. The number of rotatable bonds is 11. The van der Waals surface area contributed by atoms with E-state index < -0.39 is 0 Å². The van der Waals surface area contributed by atoms with Gasteiger partial charge in [-0.2, -0.15) is 0 Å². The molecule has 0 aromatic heterocycles. The Balaban J connectivity index is 0.00000729. The number of nitrogens with one attached hydrogen (secondary N) is 3. The zero-order valence-corrected chi connectivity index (χ0v) is 20.3. The molecular weight excluding hydrogens is 465 g/mol. The first-order chi connectivity index (χ1) is 12.9. The number of carbonyl (C=O) groups excluding carboxylic acids is 1. The largest absolute Gasteiger partial charge is 0.357 e. The van der Waals surface area contributed by atoms with E-state index in [-0.39, 0.29) is 29.9 Å². The second-order valence-corrected chi connectivity index (χ2v) is 7.13. The average Bonchev–Trinajstić information content (AvgIpc) is 2.63. The highest BCUT2D eigenvalue weighted by Crippen LogP contribution is 2.03. The molecule has 0 bridgehead atoms. The van der Waals surface area contributed by atoms with E-state index >= 15 is 0 Å². The van der Waals surface area contributed by atoms with Crippen molar-refractivity contribution in [2.24, 2.45) is 4.99 Å². The van der Waals surface area contributed by atoms with Crippen LogP contribution in [-0.2, 0) is 11.3 Å². The molecule has 28 heavy (non-hydrogen) atoms. The number of hydrogen-bond acceptors (Lipinski definition) is 3. The zero-order chi connectivity index (χ0) is 20.1. The van der Waals surface area contributed by atoms with Gasteiger partial charge in [-0.15, -0.1) is 24.0 Å². The van der Waals surface area contributed by atoms with Crippen LogP contribution < -0.4 is 16.0 Å². The Morgan fingerprint density at radius 1 is 1.04 bits per heavy atom. The van der Waals surface area contributed by atoms with Gasteiger partial charge >= 0.3 is 0 Å². The van der Waals surface area contributed by atoms with Crippen molar-refractivity contribution < 1.29 is 4.79 Å². The van der Waals surface area contributed by atoms with Gasteiger partial charge in [0, 0.05) is 44.7 Å². The number of benzene rings is 1. The molecule has 0 heterocycles. The third-order valence-corrected chi connectivity index (χ3v) is 4.28. The summed E-state index contributed by atoms with van der Waals surface area (Å²) in [4.78, 5) is 19.0. The van der Waals surface area contributed by atoms with Crippen LogP contribution >= 0.6 is 24.0 Å². The minimum Gasteiger partial charge on any atom is -0.357 e. The molecule has 0 aliphatic rings. The summed E-state index contributed by atoms with van der Waals surface area (Å²) in [5.74, 6) is 0.800. The molecule has 0 aliphatic heterocycles. The summed E-state index contributed by atoms with van der Waals surface area (Å²) in [6, 6.07) is 10.9. The van der Waals surface area contributed by atoms with Crippen molar-refractivity contribution in [2.75, 3.05) is 26.2 Å². The van der Waals surface area contributed by atoms with Gasteiger partial charge in [0.05, 0.1) is 6.54 Å². The predicted octanol–water partition coefficient (Wildman–Crippen LogP) is 2.98. The molecule has 0 saturated heterocycles. The molecule has 0 saturated carbocycles. The number of halogens is 1. The maximum Gasteiger partial charge on any atom is 0.222 e. The van der Waals surface area contributed by atoms with E-state index in [1.54, 1.807) is 0 Å². The van der Waals surface area contributed by atoms with Gasteiger partial charge in [-0.25, -0.2) is 0 Å². The Morgan fingerprint density at radius 2 is 1.68 bits per heavy atom. The summed E-state index contributed by atoms with van der Waals surface area (Å²) in [7, 11) is 0. The van der Waals surface area contributed by atoms with Gasteiger partial charge in [0.15, 0.2) is 5.96 Å². The molecule has 0 fully saturated rings. The molecule has 160 valence electrons. The minimum absolute atomic E-state index is 0. The molecule has 0 spiro atoms. The summed E-state index contributed by atoms with van der Waals surface area (Å²) < 4.78 is 0. The van der Waals surface area contributed by atoms with Gasteiger partial charge in [0.2, 0.25) is 5.91 Å². The summed E-state index contributed by atoms with van der Waals surface area (Å²) in [6.45, 7) is 14.4. The fourth-order valence-corrected chi connectivity index (χ4v) is 2.91. The van der Waals surface area contributed by atoms with Gasteiger partial charge in [-0.3, -0.25) is 14.7 Å². The van der Waals surface area contributed by atoms with E-state index in [1.165, 1.54) is 0 Å². The lowest BCUT2D eigenvalue weighted by Crippen LogP contribution is -2.41. The first-order valence-electron chi connectivity index (χ1n) is 10.0. The van der Waals surface area contributed by atoms with E-state index in [2.05, 4.69) is 53.5 Å². The van der Waals surface area contributed by atoms with Crippen LogP contribution in [0.2, 0.25) is 0 Å². The lowest BCUT2D eigenvalue weighted by Gasteiger charge is -2.29. The molecule has 1 aromatic rings. The predicted molar refractivity (Wildman–Crippen MR) is 129 cm³/mol. The first-order valence-corrected chi connectivity index (χ1v) is 10.0. The monoisotopic (exact) mass is 503 g/mol. The molecule has 0 atom stereocenters. The molecular formula is C21H38IN5O.